The van der Waals surface area contributed by atoms with Gasteiger partial charge in [-0.25, -0.2) is 4.79 Å². The molecule has 0 aromatic heterocycles. The van der Waals surface area contributed by atoms with Crippen LogP contribution in [0.5, 0.6) is 0 Å². The lowest BCUT2D eigenvalue weighted by Gasteiger charge is -2.45. The van der Waals surface area contributed by atoms with Gasteiger partial charge in [0.05, 0.1) is 0 Å². The van der Waals surface area contributed by atoms with Gasteiger partial charge in [0.25, 0.3) is 0 Å². The van der Waals surface area contributed by atoms with Crippen LogP contribution in [-0.4, -0.2) is 42.3 Å². The van der Waals surface area contributed by atoms with Gasteiger partial charge in [0.1, 0.15) is 5.60 Å². The number of hydrogen-bond donors (Lipinski definition) is 1. The molecule has 0 saturated heterocycles. The van der Waals surface area contributed by atoms with Crippen LogP contribution in [0, 0.1) is 10.8 Å². The number of rotatable bonds is 5. The highest BCUT2D eigenvalue weighted by molar-refractivity contribution is 5.68. The van der Waals surface area contributed by atoms with Crippen molar-refractivity contribution in [3.63, 3.8) is 0 Å². The molecule has 1 N–H and O–H groups in total. The van der Waals surface area contributed by atoms with E-state index in [0.29, 0.717) is 30.0 Å². The quantitative estimate of drug-likeness (QED) is 0.812. The van der Waals surface area contributed by atoms with Crippen LogP contribution in [0.2, 0.25) is 0 Å². The molecular weight excluding hydrogens is 288 g/mol. The van der Waals surface area contributed by atoms with Crippen LogP contribution in [-0.2, 0) is 4.74 Å². The number of amides is 1. The first-order valence-electron chi connectivity index (χ1n) is 9.05. The highest BCUT2D eigenvalue weighted by Gasteiger charge is 2.38. The SMILES string of the molecule is CCN(CCNC1CC(C)(C)CC(C)(C)C1)C(=O)OC(C)(C)C. The number of likely N-dealkylation sites (N-methyl/N-ethyl adjacent to an activating group) is 1. The van der Waals surface area contributed by atoms with E-state index < -0.39 is 5.60 Å². The van der Waals surface area contributed by atoms with Crippen molar-refractivity contribution < 1.29 is 9.53 Å². The van der Waals surface area contributed by atoms with Crippen LogP contribution in [0.3, 0.4) is 0 Å². The highest BCUT2D eigenvalue weighted by Crippen LogP contribution is 2.45. The van der Waals surface area contributed by atoms with Gasteiger partial charge in [-0.1, -0.05) is 27.7 Å². The van der Waals surface area contributed by atoms with Gasteiger partial charge >= 0.3 is 6.09 Å². The predicted octanol–water partition coefficient (Wildman–Crippen LogP) is 4.44. The number of hydrogen-bond acceptors (Lipinski definition) is 3. The van der Waals surface area contributed by atoms with Crippen molar-refractivity contribution >= 4 is 6.09 Å². The monoisotopic (exact) mass is 326 g/mol. The van der Waals surface area contributed by atoms with Gasteiger partial charge in [-0.15, -0.1) is 0 Å². The van der Waals surface area contributed by atoms with Crippen LogP contribution in [0.1, 0.15) is 74.7 Å². The lowest BCUT2D eigenvalue weighted by molar-refractivity contribution is 0.0253. The average molecular weight is 327 g/mol. The number of nitrogens with zero attached hydrogens (tertiary/aromatic N) is 1. The summed E-state index contributed by atoms with van der Waals surface area (Å²) in [6.45, 7) is 19.4. The van der Waals surface area contributed by atoms with E-state index in [2.05, 4.69) is 33.0 Å². The van der Waals surface area contributed by atoms with Crippen molar-refractivity contribution in [2.75, 3.05) is 19.6 Å². The number of carbonyl (C=O) groups is 1. The van der Waals surface area contributed by atoms with E-state index >= 15 is 0 Å². The number of ether oxygens (including phenoxy) is 1. The molecule has 0 radical (unpaired) electrons. The summed E-state index contributed by atoms with van der Waals surface area (Å²) < 4.78 is 5.46. The zero-order valence-corrected chi connectivity index (χ0v) is 16.6. The smallest absolute Gasteiger partial charge is 0.410 e. The van der Waals surface area contributed by atoms with Gasteiger partial charge in [0.15, 0.2) is 0 Å². The van der Waals surface area contributed by atoms with E-state index in [1.54, 1.807) is 4.90 Å². The van der Waals surface area contributed by atoms with Crippen molar-refractivity contribution in [1.82, 2.24) is 10.2 Å². The maximum atomic E-state index is 12.2. The molecule has 0 spiro atoms. The molecule has 0 aromatic rings. The second kappa shape index (κ2) is 7.42. The zero-order chi connectivity index (χ0) is 17.9. The summed E-state index contributed by atoms with van der Waals surface area (Å²) in [6, 6.07) is 0.533. The van der Waals surface area contributed by atoms with Crippen LogP contribution in [0.4, 0.5) is 4.79 Å². The largest absolute Gasteiger partial charge is 0.444 e. The van der Waals surface area contributed by atoms with E-state index in [1.807, 2.05) is 27.7 Å². The third-order valence-electron chi connectivity index (χ3n) is 4.40. The Hall–Kier alpha value is -0.770. The first-order chi connectivity index (χ1) is 10.3. The molecule has 1 aliphatic carbocycles. The first kappa shape index (κ1) is 20.3. The summed E-state index contributed by atoms with van der Waals surface area (Å²) in [4.78, 5) is 13.9. The van der Waals surface area contributed by atoms with Crippen LogP contribution >= 0.6 is 0 Å². The fourth-order valence-corrected chi connectivity index (χ4v) is 4.10. The Morgan fingerprint density at radius 3 is 2.13 bits per heavy atom. The Bertz CT molecular complexity index is 381. The molecule has 136 valence electrons. The van der Waals surface area contributed by atoms with E-state index in [1.165, 1.54) is 19.3 Å². The molecule has 0 unspecified atom stereocenters. The molecule has 23 heavy (non-hydrogen) atoms. The van der Waals surface area contributed by atoms with E-state index in [4.69, 9.17) is 4.74 Å². The summed E-state index contributed by atoms with van der Waals surface area (Å²) in [5, 5.41) is 3.67. The highest BCUT2D eigenvalue weighted by atomic mass is 16.6. The molecule has 4 nitrogen and oxygen atoms in total. The second-order valence-electron chi connectivity index (χ2n) is 9.62. The Morgan fingerprint density at radius 2 is 1.70 bits per heavy atom. The molecule has 0 bridgehead atoms. The standard InChI is InChI=1S/C19H38N2O2/c1-9-21(16(22)23-17(2,3)4)11-10-20-15-12-18(5,6)14-19(7,8)13-15/h15,20H,9-14H2,1-8H3. The van der Waals surface area contributed by atoms with Gasteiger partial charge in [-0.3, -0.25) is 0 Å². The molecule has 0 aromatic carbocycles. The maximum Gasteiger partial charge on any atom is 0.410 e. The number of nitrogens with one attached hydrogen (secondary N) is 1. The molecule has 1 amide bonds. The summed E-state index contributed by atoms with van der Waals surface area (Å²) in [6.07, 6.45) is 3.47. The Kier molecular flexibility index (Phi) is 6.54. The fourth-order valence-electron chi connectivity index (χ4n) is 4.10. The summed E-state index contributed by atoms with van der Waals surface area (Å²) in [5.41, 5.74) is 0.333. The topological polar surface area (TPSA) is 41.6 Å². The third-order valence-corrected chi connectivity index (χ3v) is 4.40. The van der Waals surface area contributed by atoms with E-state index in [9.17, 15) is 4.79 Å². The summed E-state index contributed by atoms with van der Waals surface area (Å²) in [5.74, 6) is 0. The Morgan fingerprint density at radius 1 is 1.17 bits per heavy atom. The van der Waals surface area contributed by atoms with E-state index in [0.717, 1.165) is 6.54 Å². The molecule has 0 aliphatic heterocycles. The van der Waals surface area contributed by atoms with Crippen molar-refractivity contribution in [3.8, 4) is 0 Å². The van der Waals surface area contributed by atoms with Gasteiger partial charge in [0.2, 0.25) is 0 Å². The molecule has 1 fully saturated rings. The third kappa shape index (κ3) is 7.56. The maximum absolute atomic E-state index is 12.2. The molecule has 1 saturated carbocycles. The predicted molar refractivity (Wildman–Crippen MR) is 96.7 cm³/mol. The molecule has 0 atom stereocenters. The fraction of sp³-hybridized carbons (Fsp3) is 0.947. The van der Waals surface area contributed by atoms with Crippen molar-refractivity contribution in [2.24, 2.45) is 10.8 Å². The van der Waals surface area contributed by atoms with E-state index in [-0.39, 0.29) is 6.09 Å². The second-order valence-corrected chi connectivity index (χ2v) is 9.62. The van der Waals surface area contributed by atoms with Crippen LogP contribution in [0.25, 0.3) is 0 Å². The Labute approximate surface area is 143 Å². The lowest BCUT2D eigenvalue weighted by atomic mass is 9.63. The minimum absolute atomic E-state index is 0.217. The molecule has 4 heteroatoms. The molecule has 1 rings (SSSR count). The van der Waals surface area contributed by atoms with Crippen molar-refractivity contribution in [1.29, 1.82) is 0 Å². The van der Waals surface area contributed by atoms with Crippen LogP contribution < -0.4 is 5.32 Å². The van der Waals surface area contributed by atoms with Crippen molar-refractivity contribution in [2.45, 2.75) is 86.3 Å². The molecule has 1 aliphatic rings. The average Bonchev–Trinajstić information content (AvgIpc) is 2.28. The molecular formula is C19H38N2O2. The van der Waals surface area contributed by atoms with Gasteiger partial charge in [-0.05, 0) is 57.8 Å². The van der Waals surface area contributed by atoms with Gasteiger partial charge < -0.3 is 15.0 Å². The minimum atomic E-state index is -0.435. The summed E-state index contributed by atoms with van der Waals surface area (Å²) >= 11 is 0. The minimum Gasteiger partial charge on any atom is -0.444 e. The van der Waals surface area contributed by atoms with Gasteiger partial charge in [0, 0.05) is 25.7 Å². The number of carbonyl (C=O) groups excluding carboxylic acids is 1. The first-order valence-corrected chi connectivity index (χ1v) is 9.05. The van der Waals surface area contributed by atoms with Gasteiger partial charge in [-0.2, -0.15) is 0 Å². The van der Waals surface area contributed by atoms with Crippen molar-refractivity contribution in [3.05, 3.63) is 0 Å². The summed E-state index contributed by atoms with van der Waals surface area (Å²) in [7, 11) is 0. The van der Waals surface area contributed by atoms with Crippen LogP contribution in [0.15, 0.2) is 0 Å². The molecule has 0 heterocycles. The Balaban J connectivity index is 2.46. The lowest BCUT2D eigenvalue weighted by Crippen LogP contribution is -2.47. The zero-order valence-electron chi connectivity index (χ0n) is 16.6. The normalized spacial score (nSPS) is 21.0.